The van der Waals surface area contributed by atoms with E-state index in [1.54, 1.807) is 12.4 Å². The van der Waals surface area contributed by atoms with Crippen molar-refractivity contribution in [2.45, 2.75) is 25.3 Å². The minimum atomic E-state index is -3.26. The molecule has 0 amide bonds. The molecule has 0 spiro atoms. The van der Waals surface area contributed by atoms with Crippen LogP contribution in [0.1, 0.15) is 18.4 Å². The van der Waals surface area contributed by atoms with E-state index in [2.05, 4.69) is 15.8 Å². The first kappa shape index (κ1) is 15.9. The van der Waals surface area contributed by atoms with Crippen LogP contribution in [0.15, 0.2) is 24.5 Å². The summed E-state index contributed by atoms with van der Waals surface area (Å²) in [5.74, 6) is 0.0927. The van der Waals surface area contributed by atoms with Gasteiger partial charge < -0.3 is 0 Å². The smallest absolute Gasteiger partial charge is 0.212 e. The zero-order chi connectivity index (χ0) is 15.1. The van der Waals surface area contributed by atoms with E-state index in [9.17, 15) is 8.42 Å². The molecule has 1 saturated heterocycles. The lowest BCUT2D eigenvalue weighted by atomic mass is 10.1. The second-order valence-electron chi connectivity index (χ2n) is 5.25. The van der Waals surface area contributed by atoms with Gasteiger partial charge in [0.2, 0.25) is 10.0 Å². The van der Waals surface area contributed by atoms with Crippen molar-refractivity contribution < 1.29 is 8.42 Å². The Balaban J connectivity index is 1.78. The molecule has 1 aliphatic rings. The van der Waals surface area contributed by atoms with Gasteiger partial charge in [0.05, 0.1) is 18.4 Å². The van der Waals surface area contributed by atoms with E-state index in [-0.39, 0.29) is 11.8 Å². The van der Waals surface area contributed by atoms with Crippen molar-refractivity contribution in [3.05, 3.63) is 30.1 Å². The lowest BCUT2D eigenvalue weighted by Gasteiger charge is -2.30. The van der Waals surface area contributed by atoms with Crippen LogP contribution < -0.4 is 4.72 Å². The Kier molecular flexibility index (Phi) is 5.67. The fourth-order valence-electron chi connectivity index (χ4n) is 2.42. The minimum absolute atomic E-state index is 0.0117. The number of nitrogens with zero attached hydrogens (tertiary/aromatic N) is 3. The second kappa shape index (κ2) is 7.50. The predicted molar refractivity (Wildman–Crippen MR) is 79.9 cm³/mol. The van der Waals surface area contributed by atoms with Gasteiger partial charge in [-0.05, 0) is 37.0 Å². The molecule has 0 aliphatic carbocycles. The van der Waals surface area contributed by atoms with E-state index in [0.29, 0.717) is 13.0 Å². The highest BCUT2D eigenvalue weighted by Crippen LogP contribution is 2.11. The van der Waals surface area contributed by atoms with Crippen molar-refractivity contribution >= 4 is 10.0 Å². The van der Waals surface area contributed by atoms with Crippen LogP contribution in [0.2, 0.25) is 0 Å². The molecule has 1 fully saturated rings. The number of sulfonamides is 1. The van der Waals surface area contributed by atoms with Crippen LogP contribution in [0, 0.1) is 11.3 Å². The minimum Gasteiger partial charge on any atom is -0.290 e. The molecule has 21 heavy (non-hydrogen) atoms. The Morgan fingerprint density at radius 2 is 2.00 bits per heavy atom. The highest BCUT2D eigenvalue weighted by Gasteiger charge is 2.23. The molecule has 6 nitrogen and oxygen atoms in total. The number of rotatable bonds is 6. The van der Waals surface area contributed by atoms with Crippen molar-refractivity contribution in [3.8, 4) is 6.07 Å². The Labute approximate surface area is 125 Å². The van der Waals surface area contributed by atoms with Crippen LogP contribution in [0.4, 0.5) is 0 Å². The van der Waals surface area contributed by atoms with Crippen LogP contribution in [-0.4, -0.2) is 49.7 Å². The number of hydrogen-bond donors (Lipinski definition) is 1. The van der Waals surface area contributed by atoms with Crippen LogP contribution >= 0.6 is 0 Å². The number of aromatic nitrogens is 1. The Morgan fingerprint density at radius 1 is 1.33 bits per heavy atom. The fourth-order valence-corrected chi connectivity index (χ4v) is 3.79. The van der Waals surface area contributed by atoms with E-state index in [4.69, 9.17) is 5.26 Å². The number of nitriles is 1. The van der Waals surface area contributed by atoms with Crippen molar-refractivity contribution in [1.82, 2.24) is 14.6 Å². The molecule has 1 aliphatic heterocycles. The summed E-state index contributed by atoms with van der Waals surface area (Å²) in [7, 11) is -3.26. The molecule has 0 atom stereocenters. The topological polar surface area (TPSA) is 86.1 Å². The molecule has 114 valence electrons. The maximum atomic E-state index is 12.1. The van der Waals surface area contributed by atoms with Gasteiger partial charge >= 0.3 is 0 Å². The lowest BCUT2D eigenvalue weighted by Crippen LogP contribution is -2.45. The quantitative estimate of drug-likeness (QED) is 0.775. The predicted octanol–water partition coefficient (Wildman–Crippen LogP) is 0.531. The van der Waals surface area contributed by atoms with Gasteiger partial charge in [0.25, 0.3) is 0 Å². The summed E-state index contributed by atoms with van der Waals surface area (Å²) in [6.07, 6.45) is 5.35. The molecule has 7 heteroatoms. The average Bonchev–Trinajstić information content (AvgIpc) is 2.48. The molecule has 0 radical (unpaired) electrons. The highest BCUT2D eigenvalue weighted by molar-refractivity contribution is 7.89. The van der Waals surface area contributed by atoms with Gasteiger partial charge in [-0.25, -0.2) is 13.1 Å². The van der Waals surface area contributed by atoms with Gasteiger partial charge in [0.1, 0.15) is 0 Å². The number of aryl methyl sites for hydroxylation is 1. The van der Waals surface area contributed by atoms with Gasteiger partial charge in [-0.1, -0.05) is 0 Å². The molecule has 1 aromatic heterocycles. The van der Waals surface area contributed by atoms with E-state index < -0.39 is 10.0 Å². The molecule has 2 heterocycles. The first-order valence-electron chi connectivity index (χ1n) is 7.07. The van der Waals surface area contributed by atoms with Gasteiger partial charge in [0, 0.05) is 31.5 Å². The molecule has 2 rings (SSSR count). The first-order valence-corrected chi connectivity index (χ1v) is 8.72. The summed E-state index contributed by atoms with van der Waals surface area (Å²) >= 11 is 0. The van der Waals surface area contributed by atoms with E-state index in [1.807, 2.05) is 17.0 Å². The molecular formula is C14H20N4O2S. The molecule has 1 aromatic rings. The first-order chi connectivity index (χ1) is 10.1. The SMILES string of the molecule is N#CCN1CCC(NS(=O)(=O)CCc2ccncc2)CC1. The maximum Gasteiger partial charge on any atom is 0.212 e. The van der Waals surface area contributed by atoms with Crippen LogP contribution in [-0.2, 0) is 16.4 Å². The summed E-state index contributed by atoms with van der Waals surface area (Å²) in [6.45, 7) is 1.96. The van der Waals surface area contributed by atoms with Gasteiger partial charge in [-0.3, -0.25) is 9.88 Å². The molecule has 1 N–H and O–H groups in total. The van der Waals surface area contributed by atoms with E-state index >= 15 is 0 Å². The van der Waals surface area contributed by atoms with Gasteiger partial charge in [-0.2, -0.15) is 5.26 Å². The van der Waals surface area contributed by atoms with Crippen molar-refractivity contribution in [2.75, 3.05) is 25.4 Å². The van der Waals surface area contributed by atoms with Crippen LogP contribution in [0.3, 0.4) is 0 Å². The zero-order valence-electron chi connectivity index (χ0n) is 11.9. The standard InChI is InChI=1S/C14H20N4O2S/c15-6-11-18-9-3-14(4-10-18)17-21(19,20)12-5-13-1-7-16-8-2-13/h1-2,7-8,14,17H,3-5,9-12H2. The van der Waals surface area contributed by atoms with Crippen molar-refractivity contribution in [2.24, 2.45) is 0 Å². The third-order valence-electron chi connectivity index (χ3n) is 3.64. The molecule has 0 bridgehead atoms. The highest BCUT2D eigenvalue weighted by atomic mass is 32.2. The zero-order valence-corrected chi connectivity index (χ0v) is 12.7. The summed E-state index contributed by atoms with van der Waals surface area (Å²) in [5.41, 5.74) is 0.971. The molecule has 0 aromatic carbocycles. The number of hydrogen-bond acceptors (Lipinski definition) is 5. The third kappa shape index (κ3) is 5.42. The Bertz CT molecular complexity index is 575. The van der Waals surface area contributed by atoms with Crippen LogP contribution in [0.5, 0.6) is 0 Å². The number of pyridine rings is 1. The van der Waals surface area contributed by atoms with Crippen LogP contribution in [0.25, 0.3) is 0 Å². The summed E-state index contributed by atoms with van der Waals surface area (Å²) in [6, 6.07) is 5.77. The Morgan fingerprint density at radius 3 is 2.62 bits per heavy atom. The van der Waals surface area contributed by atoms with E-state index in [1.165, 1.54) is 0 Å². The summed E-state index contributed by atoms with van der Waals surface area (Å²) < 4.78 is 26.9. The summed E-state index contributed by atoms with van der Waals surface area (Å²) in [5, 5.41) is 8.64. The molecular weight excluding hydrogens is 288 g/mol. The number of likely N-dealkylation sites (tertiary alicyclic amines) is 1. The lowest BCUT2D eigenvalue weighted by molar-refractivity contribution is 0.229. The normalized spacial score (nSPS) is 17.5. The van der Waals surface area contributed by atoms with Gasteiger partial charge in [0.15, 0.2) is 0 Å². The average molecular weight is 308 g/mol. The van der Waals surface area contributed by atoms with Gasteiger partial charge in [-0.15, -0.1) is 0 Å². The number of nitrogens with one attached hydrogen (secondary N) is 1. The van der Waals surface area contributed by atoms with Crippen molar-refractivity contribution in [3.63, 3.8) is 0 Å². The Hall–Kier alpha value is -1.49. The fraction of sp³-hybridized carbons (Fsp3) is 0.571. The maximum absolute atomic E-state index is 12.1. The summed E-state index contributed by atoms with van der Waals surface area (Å²) in [4.78, 5) is 5.96. The second-order valence-corrected chi connectivity index (χ2v) is 7.12. The molecule has 0 saturated carbocycles. The largest absolute Gasteiger partial charge is 0.290 e. The molecule has 0 unspecified atom stereocenters. The van der Waals surface area contributed by atoms with E-state index in [0.717, 1.165) is 31.5 Å². The number of piperidine rings is 1. The monoisotopic (exact) mass is 308 g/mol. The van der Waals surface area contributed by atoms with Crippen molar-refractivity contribution in [1.29, 1.82) is 5.26 Å². The third-order valence-corrected chi connectivity index (χ3v) is 5.07.